The predicted molar refractivity (Wildman–Crippen MR) is 127 cm³/mol. The Kier molecular flexibility index (Phi) is 6.86. The number of carbonyl (C=O) groups excluding carboxylic acids is 2. The van der Waals surface area contributed by atoms with E-state index in [2.05, 4.69) is 64.2 Å². The minimum absolute atomic E-state index is 0.122. The highest BCUT2D eigenvalue weighted by Crippen LogP contribution is 2.30. The van der Waals surface area contributed by atoms with Gasteiger partial charge in [-0.1, -0.05) is 18.2 Å². The third-order valence-electron chi connectivity index (χ3n) is 7.51. The largest absolute Gasteiger partial charge is 0.353 e. The van der Waals surface area contributed by atoms with Gasteiger partial charge < -0.3 is 14.8 Å². The van der Waals surface area contributed by atoms with Crippen LogP contribution >= 0.6 is 0 Å². The van der Waals surface area contributed by atoms with Crippen molar-refractivity contribution in [2.45, 2.75) is 57.8 Å². The summed E-state index contributed by atoms with van der Waals surface area (Å²) in [4.78, 5) is 32.2. The van der Waals surface area contributed by atoms with Gasteiger partial charge in [0.2, 0.25) is 11.8 Å². The van der Waals surface area contributed by atoms with Crippen molar-refractivity contribution in [3.8, 4) is 0 Å². The highest BCUT2D eigenvalue weighted by molar-refractivity contribution is 5.85. The molecular formula is C25H37N5O2. The lowest BCUT2D eigenvalue weighted by Gasteiger charge is -2.33. The van der Waals surface area contributed by atoms with Gasteiger partial charge >= 0.3 is 0 Å². The van der Waals surface area contributed by atoms with Crippen LogP contribution in [0.15, 0.2) is 30.5 Å². The van der Waals surface area contributed by atoms with E-state index in [1.54, 1.807) is 0 Å². The van der Waals surface area contributed by atoms with Crippen LogP contribution < -0.4 is 5.32 Å². The second-order valence-electron chi connectivity index (χ2n) is 9.22. The van der Waals surface area contributed by atoms with Crippen LogP contribution in [-0.2, 0) is 23.2 Å². The fraction of sp³-hybridized carbons (Fsp3) is 0.600. The molecule has 3 atom stereocenters. The van der Waals surface area contributed by atoms with Gasteiger partial charge in [-0.2, -0.15) is 0 Å². The van der Waals surface area contributed by atoms with Crippen LogP contribution in [0.4, 0.5) is 0 Å². The SMILES string of the molecule is CCN(CC)C(=O)CC[C@@H]1CNC(=O)[C@H]2[C@@H](CCN2Cc2cn(C)c3ccccc23)N1C. The molecule has 2 fully saturated rings. The molecule has 174 valence electrons. The van der Waals surface area contributed by atoms with Gasteiger partial charge in [0, 0.05) is 75.4 Å². The van der Waals surface area contributed by atoms with Crippen molar-refractivity contribution in [2.75, 3.05) is 33.2 Å². The fourth-order valence-corrected chi connectivity index (χ4v) is 5.62. The van der Waals surface area contributed by atoms with Crippen molar-refractivity contribution in [3.05, 3.63) is 36.0 Å². The zero-order valence-electron chi connectivity index (χ0n) is 19.9. The van der Waals surface area contributed by atoms with E-state index in [1.165, 1.54) is 16.5 Å². The Balaban J connectivity index is 1.46. The number of likely N-dealkylation sites (N-methyl/N-ethyl adjacent to an activating group) is 1. The van der Waals surface area contributed by atoms with E-state index in [4.69, 9.17) is 0 Å². The Bertz CT molecular complexity index is 966. The molecule has 1 aromatic heterocycles. The molecule has 2 aliphatic rings. The van der Waals surface area contributed by atoms with Crippen LogP contribution in [0.25, 0.3) is 10.9 Å². The van der Waals surface area contributed by atoms with Crippen molar-refractivity contribution >= 4 is 22.7 Å². The molecule has 2 aromatic rings. The molecule has 3 heterocycles. The second kappa shape index (κ2) is 9.63. The van der Waals surface area contributed by atoms with E-state index in [0.717, 1.165) is 39.0 Å². The van der Waals surface area contributed by atoms with Gasteiger partial charge in [-0.05, 0) is 45.4 Å². The number of amides is 2. The van der Waals surface area contributed by atoms with Crippen LogP contribution in [0, 0.1) is 0 Å². The number of likely N-dealkylation sites (tertiary alicyclic amines) is 1. The summed E-state index contributed by atoms with van der Waals surface area (Å²) < 4.78 is 2.17. The predicted octanol–water partition coefficient (Wildman–Crippen LogP) is 2.20. The number of hydrogen-bond donors (Lipinski definition) is 1. The van der Waals surface area contributed by atoms with Crippen molar-refractivity contribution in [2.24, 2.45) is 7.05 Å². The van der Waals surface area contributed by atoms with E-state index < -0.39 is 0 Å². The topological polar surface area (TPSA) is 60.8 Å². The van der Waals surface area contributed by atoms with E-state index in [1.807, 2.05) is 18.7 Å². The summed E-state index contributed by atoms with van der Waals surface area (Å²) in [7, 11) is 4.21. The summed E-state index contributed by atoms with van der Waals surface area (Å²) in [5, 5.41) is 4.44. The van der Waals surface area contributed by atoms with E-state index in [0.29, 0.717) is 13.0 Å². The standard InChI is InChI=1S/C25H37N5O2/c1-5-29(6-2)23(31)12-11-19-15-26-25(32)24-22(28(19)4)13-14-30(24)17-18-16-27(3)21-10-8-7-9-20(18)21/h7-10,16,19,22,24H,5-6,11-15,17H2,1-4H3,(H,26,32)/t19-,22-,24-/m1/s1. The molecule has 2 saturated heterocycles. The molecule has 1 N–H and O–H groups in total. The Morgan fingerprint density at radius 2 is 1.94 bits per heavy atom. The maximum atomic E-state index is 13.1. The molecule has 0 radical (unpaired) electrons. The van der Waals surface area contributed by atoms with Crippen LogP contribution in [-0.4, -0.2) is 82.4 Å². The number of benzene rings is 1. The van der Waals surface area contributed by atoms with Crippen molar-refractivity contribution in [1.29, 1.82) is 0 Å². The molecule has 0 spiro atoms. The van der Waals surface area contributed by atoms with Crippen molar-refractivity contribution in [3.63, 3.8) is 0 Å². The van der Waals surface area contributed by atoms with Crippen LogP contribution in [0.1, 0.15) is 38.7 Å². The number of rotatable bonds is 7. The minimum Gasteiger partial charge on any atom is -0.353 e. The lowest BCUT2D eigenvalue weighted by atomic mass is 10.0. The van der Waals surface area contributed by atoms with E-state index in [9.17, 15) is 9.59 Å². The molecule has 4 rings (SSSR count). The summed E-state index contributed by atoms with van der Waals surface area (Å²) in [6.45, 7) is 7.83. The maximum Gasteiger partial charge on any atom is 0.239 e. The molecule has 0 saturated carbocycles. The Labute approximate surface area is 191 Å². The van der Waals surface area contributed by atoms with Crippen molar-refractivity contribution < 1.29 is 9.59 Å². The minimum atomic E-state index is -0.151. The normalized spacial score (nSPS) is 24.4. The van der Waals surface area contributed by atoms with Crippen molar-refractivity contribution in [1.82, 2.24) is 24.6 Å². The number of para-hydroxylation sites is 1. The third kappa shape index (κ3) is 4.28. The number of fused-ring (bicyclic) bond motifs is 2. The number of aromatic nitrogens is 1. The molecule has 0 aliphatic carbocycles. The number of nitrogens with one attached hydrogen (secondary N) is 1. The zero-order chi connectivity index (χ0) is 22.8. The molecular weight excluding hydrogens is 402 g/mol. The highest BCUT2D eigenvalue weighted by Gasteiger charge is 2.45. The lowest BCUT2D eigenvalue weighted by Crippen LogP contribution is -2.49. The van der Waals surface area contributed by atoms with Gasteiger partial charge in [-0.15, -0.1) is 0 Å². The molecule has 2 amide bonds. The monoisotopic (exact) mass is 439 g/mol. The summed E-state index contributed by atoms with van der Waals surface area (Å²) in [5.74, 6) is 0.330. The number of hydrogen-bond acceptors (Lipinski definition) is 4. The smallest absolute Gasteiger partial charge is 0.239 e. The number of aryl methyl sites for hydroxylation is 1. The molecule has 7 nitrogen and oxygen atoms in total. The third-order valence-corrected chi connectivity index (χ3v) is 7.51. The van der Waals surface area contributed by atoms with Gasteiger partial charge in [0.1, 0.15) is 6.04 Å². The van der Waals surface area contributed by atoms with Gasteiger partial charge in [-0.25, -0.2) is 0 Å². The highest BCUT2D eigenvalue weighted by atomic mass is 16.2. The summed E-state index contributed by atoms with van der Waals surface area (Å²) in [6, 6.07) is 8.67. The zero-order valence-corrected chi connectivity index (χ0v) is 19.9. The first-order valence-electron chi connectivity index (χ1n) is 12.0. The summed E-state index contributed by atoms with van der Waals surface area (Å²) in [5.41, 5.74) is 2.49. The number of carbonyl (C=O) groups is 2. The second-order valence-corrected chi connectivity index (χ2v) is 9.22. The maximum absolute atomic E-state index is 13.1. The molecule has 32 heavy (non-hydrogen) atoms. The van der Waals surface area contributed by atoms with Crippen LogP contribution in [0.2, 0.25) is 0 Å². The molecule has 1 aromatic carbocycles. The quantitative estimate of drug-likeness (QED) is 0.719. The summed E-state index contributed by atoms with van der Waals surface area (Å²) >= 11 is 0. The fourth-order valence-electron chi connectivity index (χ4n) is 5.62. The van der Waals surface area contributed by atoms with E-state index >= 15 is 0 Å². The van der Waals surface area contributed by atoms with Crippen LogP contribution in [0.5, 0.6) is 0 Å². The average Bonchev–Trinajstić information content (AvgIpc) is 3.32. The van der Waals surface area contributed by atoms with Gasteiger partial charge in [0.05, 0.1) is 0 Å². The molecule has 7 heteroatoms. The first kappa shape index (κ1) is 22.8. The molecule has 0 unspecified atom stereocenters. The van der Waals surface area contributed by atoms with Gasteiger partial charge in [0.25, 0.3) is 0 Å². The van der Waals surface area contributed by atoms with Crippen LogP contribution in [0.3, 0.4) is 0 Å². The first-order chi connectivity index (χ1) is 15.4. The first-order valence-corrected chi connectivity index (χ1v) is 12.0. The molecule has 2 aliphatic heterocycles. The van der Waals surface area contributed by atoms with E-state index in [-0.39, 0.29) is 29.9 Å². The molecule has 0 bridgehead atoms. The average molecular weight is 440 g/mol. The Morgan fingerprint density at radius 1 is 1.19 bits per heavy atom. The Hall–Kier alpha value is -2.38. The summed E-state index contributed by atoms with van der Waals surface area (Å²) in [6.07, 6.45) is 4.47. The van der Waals surface area contributed by atoms with Gasteiger partial charge in [0.15, 0.2) is 0 Å². The Morgan fingerprint density at radius 3 is 2.69 bits per heavy atom. The van der Waals surface area contributed by atoms with Gasteiger partial charge in [-0.3, -0.25) is 19.4 Å². The lowest BCUT2D eigenvalue weighted by molar-refractivity contribution is -0.131. The number of nitrogens with zero attached hydrogens (tertiary/aromatic N) is 4.